The van der Waals surface area contributed by atoms with Gasteiger partial charge < -0.3 is 11.1 Å². The predicted octanol–water partition coefficient (Wildman–Crippen LogP) is 2.06. The second-order valence-corrected chi connectivity index (χ2v) is 7.77. The first-order valence-electron chi connectivity index (χ1n) is 7.48. The molecule has 118 valence electrons. The molecule has 2 rings (SSSR count). The van der Waals surface area contributed by atoms with E-state index in [1.54, 1.807) is 12.1 Å². The lowest BCUT2D eigenvalue weighted by molar-refractivity contribution is 0.491. The van der Waals surface area contributed by atoms with Gasteiger partial charge in [-0.25, -0.2) is 13.1 Å². The molecule has 1 saturated carbocycles. The molecule has 0 saturated heterocycles. The molecule has 1 aromatic carbocycles. The molecule has 5 nitrogen and oxygen atoms in total. The maximum atomic E-state index is 12.4. The maximum absolute atomic E-state index is 12.4. The normalized spacial score (nSPS) is 18.1. The molecule has 0 aliphatic heterocycles. The van der Waals surface area contributed by atoms with Gasteiger partial charge in [-0.1, -0.05) is 25.0 Å². The van der Waals surface area contributed by atoms with Crippen LogP contribution in [0, 0.1) is 0 Å². The molecule has 1 fully saturated rings. The molecule has 4 N–H and O–H groups in total. The zero-order chi connectivity index (χ0) is 15.5. The van der Waals surface area contributed by atoms with Crippen molar-refractivity contribution in [2.24, 2.45) is 5.73 Å². The summed E-state index contributed by atoms with van der Waals surface area (Å²) in [6.07, 6.45) is 4.22. The van der Waals surface area contributed by atoms with Crippen molar-refractivity contribution in [2.45, 2.75) is 56.0 Å². The van der Waals surface area contributed by atoms with Crippen LogP contribution >= 0.6 is 0 Å². The Bertz CT molecular complexity index is 578. The fourth-order valence-electron chi connectivity index (χ4n) is 2.90. The van der Waals surface area contributed by atoms with Gasteiger partial charge in [-0.05, 0) is 38.8 Å². The van der Waals surface area contributed by atoms with Crippen molar-refractivity contribution in [3.8, 4) is 0 Å². The van der Waals surface area contributed by atoms with Crippen molar-refractivity contribution in [2.75, 3.05) is 11.9 Å². The molecule has 0 unspecified atom stereocenters. The molecule has 0 atom stereocenters. The lowest BCUT2D eigenvalue weighted by atomic mass is 9.97. The molecule has 0 aromatic heterocycles. The molecule has 1 aliphatic rings. The van der Waals surface area contributed by atoms with Crippen LogP contribution < -0.4 is 15.8 Å². The van der Waals surface area contributed by atoms with Crippen LogP contribution in [-0.2, 0) is 10.0 Å². The van der Waals surface area contributed by atoms with Crippen LogP contribution in [0.4, 0.5) is 5.69 Å². The molecular formula is C15H25N3O2S. The second-order valence-electron chi connectivity index (χ2n) is 6.09. The van der Waals surface area contributed by atoms with Gasteiger partial charge in [-0.15, -0.1) is 0 Å². The number of nitrogens with one attached hydrogen (secondary N) is 2. The van der Waals surface area contributed by atoms with E-state index in [2.05, 4.69) is 10.0 Å². The van der Waals surface area contributed by atoms with Crippen molar-refractivity contribution < 1.29 is 8.42 Å². The first-order valence-corrected chi connectivity index (χ1v) is 8.96. The van der Waals surface area contributed by atoms with E-state index in [9.17, 15) is 8.42 Å². The minimum Gasteiger partial charge on any atom is -0.377 e. The maximum Gasteiger partial charge on any atom is 0.242 e. The largest absolute Gasteiger partial charge is 0.377 e. The fourth-order valence-corrected chi connectivity index (χ4v) is 4.31. The molecule has 0 spiro atoms. The lowest BCUT2D eigenvalue weighted by Crippen LogP contribution is -2.43. The average Bonchev–Trinajstić information content (AvgIpc) is 2.87. The summed E-state index contributed by atoms with van der Waals surface area (Å²) in [7, 11) is -3.52. The van der Waals surface area contributed by atoms with E-state index >= 15 is 0 Å². The van der Waals surface area contributed by atoms with Gasteiger partial charge in [0.15, 0.2) is 0 Å². The van der Waals surface area contributed by atoms with Gasteiger partial charge in [0.2, 0.25) is 10.0 Å². The van der Waals surface area contributed by atoms with Gasteiger partial charge in [0.25, 0.3) is 0 Å². The van der Waals surface area contributed by atoms with Crippen molar-refractivity contribution >= 4 is 15.7 Å². The van der Waals surface area contributed by atoms with Crippen molar-refractivity contribution in [1.29, 1.82) is 0 Å². The number of sulfonamides is 1. The van der Waals surface area contributed by atoms with Crippen molar-refractivity contribution in [3.05, 3.63) is 24.3 Å². The Morgan fingerprint density at radius 2 is 1.86 bits per heavy atom. The van der Waals surface area contributed by atoms with E-state index in [1.807, 2.05) is 26.0 Å². The summed E-state index contributed by atoms with van der Waals surface area (Å²) >= 11 is 0. The van der Waals surface area contributed by atoms with Crippen molar-refractivity contribution in [1.82, 2.24) is 4.72 Å². The summed E-state index contributed by atoms with van der Waals surface area (Å²) < 4.78 is 27.5. The summed E-state index contributed by atoms with van der Waals surface area (Å²) in [5.74, 6) is 0. The van der Waals surface area contributed by atoms with Crippen LogP contribution in [-0.4, -0.2) is 26.5 Å². The quantitative estimate of drug-likeness (QED) is 0.751. The highest BCUT2D eigenvalue weighted by molar-refractivity contribution is 7.89. The first-order chi connectivity index (χ1) is 9.88. The average molecular weight is 311 g/mol. The zero-order valence-electron chi connectivity index (χ0n) is 12.7. The van der Waals surface area contributed by atoms with E-state index in [0.29, 0.717) is 17.1 Å². The molecule has 1 aliphatic carbocycles. The van der Waals surface area contributed by atoms with Crippen molar-refractivity contribution in [3.63, 3.8) is 0 Å². The Morgan fingerprint density at radius 1 is 1.24 bits per heavy atom. The second kappa shape index (κ2) is 6.34. The number of anilines is 1. The minimum absolute atomic E-state index is 0.141. The van der Waals surface area contributed by atoms with Crippen LogP contribution in [0.2, 0.25) is 0 Å². The zero-order valence-corrected chi connectivity index (χ0v) is 13.5. The molecule has 0 heterocycles. The fraction of sp³-hybridized carbons (Fsp3) is 0.600. The van der Waals surface area contributed by atoms with Gasteiger partial charge in [-0.2, -0.15) is 0 Å². The number of hydrogen-bond donors (Lipinski definition) is 3. The Hall–Kier alpha value is -1.11. The third kappa shape index (κ3) is 3.75. The monoisotopic (exact) mass is 311 g/mol. The summed E-state index contributed by atoms with van der Waals surface area (Å²) in [6, 6.07) is 6.88. The topological polar surface area (TPSA) is 84.2 Å². The minimum atomic E-state index is -3.52. The summed E-state index contributed by atoms with van der Waals surface area (Å²) in [4.78, 5) is 0.290. The number of nitrogens with two attached hydrogens (primary N) is 1. The first kappa shape index (κ1) is 16.3. The van der Waals surface area contributed by atoms with Crippen LogP contribution in [0.5, 0.6) is 0 Å². The van der Waals surface area contributed by atoms with Gasteiger partial charge in [0, 0.05) is 18.1 Å². The smallest absolute Gasteiger partial charge is 0.242 e. The van der Waals surface area contributed by atoms with Gasteiger partial charge >= 0.3 is 0 Å². The Kier molecular flexibility index (Phi) is 4.91. The molecular weight excluding hydrogens is 286 g/mol. The molecule has 1 aromatic rings. The third-order valence-corrected chi connectivity index (χ3v) is 5.64. The van der Waals surface area contributed by atoms with E-state index < -0.39 is 10.0 Å². The van der Waals surface area contributed by atoms with Crippen LogP contribution in [0.25, 0.3) is 0 Å². The van der Waals surface area contributed by atoms with E-state index in [4.69, 9.17) is 5.73 Å². The summed E-state index contributed by atoms with van der Waals surface area (Å²) in [6.45, 7) is 4.14. The molecule has 0 radical (unpaired) electrons. The molecule has 6 heteroatoms. The highest BCUT2D eigenvalue weighted by Crippen LogP contribution is 2.34. The van der Waals surface area contributed by atoms with Gasteiger partial charge in [-0.3, -0.25) is 0 Å². The van der Waals surface area contributed by atoms with Crippen LogP contribution in [0.15, 0.2) is 29.2 Å². The highest BCUT2D eigenvalue weighted by Gasteiger charge is 2.33. The number of para-hydroxylation sites is 1. The van der Waals surface area contributed by atoms with Gasteiger partial charge in [0.1, 0.15) is 4.90 Å². The van der Waals surface area contributed by atoms with E-state index in [0.717, 1.165) is 25.7 Å². The number of hydrogen-bond acceptors (Lipinski definition) is 4. The highest BCUT2D eigenvalue weighted by atomic mass is 32.2. The Balaban J connectivity index is 2.33. The standard InChI is InChI=1S/C15H25N3O2S/c1-12(2)18-21(19,20)14-8-4-3-7-13(14)17-15(11-16)9-5-6-10-15/h3-4,7-8,12,17-18H,5-6,9-11,16H2,1-2H3. The molecule has 21 heavy (non-hydrogen) atoms. The number of benzene rings is 1. The summed E-state index contributed by atoms with van der Waals surface area (Å²) in [5.41, 5.74) is 6.39. The van der Waals surface area contributed by atoms with E-state index in [-0.39, 0.29) is 11.6 Å². The van der Waals surface area contributed by atoms with E-state index in [1.165, 1.54) is 0 Å². The Morgan fingerprint density at radius 3 is 2.43 bits per heavy atom. The Labute approximate surface area is 127 Å². The molecule has 0 bridgehead atoms. The number of rotatable bonds is 6. The van der Waals surface area contributed by atoms with Crippen LogP contribution in [0.1, 0.15) is 39.5 Å². The molecule has 0 amide bonds. The summed E-state index contributed by atoms with van der Waals surface area (Å²) in [5, 5.41) is 3.41. The lowest BCUT2D eigenvalue weighted by Gasteiger charge is -2.31. The SMILES string of the molecule is CC(C)NS(=O)(=O)c1ccccc1NC1(CN)CCCC1. The third-order valence-electron chi connectivity index (χ3n) is 3.92. The van der Waals surface area contributed by atoms with Crippen LogP contribution in [0.3, 0.4) is 0 Å². The van der Waals surface area contributed by atoms with Gasteiger partial charge in [0.05, 0.1) is 5.69 Å². The predicted molar refractivity (Wildman–Crippen MR) is 85.8 cm³/mol.